The van der Waals surface area contributed by atoms with Crippen LogP contribution >= 0.6 is 11.6 Å². The molecule has 0 amide bonds. The Labute approximate surface area is 100 Å². The van der Waals surface area contributed by atoms with E-state index in [1.807, 2.05) is 43.3 Å². The molecule has 0 aliphatic carbocycles. The summed E-state index contributed by atoms with van der Waals surface area (Å²) in [5, 5.41) is 0.693. The molecule has 2 N–H and O–H groups in total. The summed E-state index contributed by atoms with van der Waals surface area (Å²) in [7, 11) is 0. The van der Waals surface area contributed by atoms with Crippen LogP contribution in [0.2, 0.25) is 5.02 Å². The maximum atomic E-state index is 6.17. The normalized spacial score (nSPS) is 12.4. The van der Waals surface area contributed by atoms with E-state index in [-0.39, 0.29) is 6.04 Å². The Hall–Kier alpha value is -1.38. The highest BCUT2D eigenvalue weighted by atomic mass is 35.5. The Morgan fingerprint density at radius 3 is 2.62 bits per heavy atom. The van der Waals surface area contributed by atoms with Crippen molar-refractivity contribution >= 4 is 11.6 Å². The van der Waals surface area contributed by atoms with Crippen molar-refractivity contribution in [1.82, 2.24) is 4.98 Å². The standard InChI is InChI=1S/C13H13ClN2/c1-9-5-4-6-10(14)12(9)13(15)11-7-2-3-8-16-11/h2-8,13H,15H2,1H3. The summed E-state index contributed by atoms with van der Waals surface area (Å²) in [5.74, 6) is 0. The molecule has 0 saturated heterocycles. The molecular formula is C13H13ClN2. The Bertz CT molecular complexity index is 462. The van der Waals surface area contributed by atoms with Crippen LogP contribution in [0.5, 0.6) is 0 Å². The average molecular weight is 233 g/mol. The van der Waals surface area contributed by atoms with E-state index in [1.165, 1.54) is 0 Å². The summed E-state index contributed by atoms with van der Waals surface area (Å²) in [6.45, 7) is 2.00. The molecule has 0 bridgehead atoms. The molecule has 0 saturated carbocycles. The van der Waals surface area contributed by atoms with Gasteiger partial charge in [0, 0.05) is 11.2 Å². The first-order valence-electron chi connectivity index (χ1n) is 5.11. The van der Waals surface area contributed by atoms with Crippen molar-refractivity contribution in [3.8, 4) is 0 Å². The van der Waals surface area contributed by atoms with Crippen LogP contribution in [0, 0.1) is 6.92 Å². The molecular weight excluding hydrogens is 220 g/mol. The number of aromatic nitrogens is 1. The third-order valence-electron chi connectivity index (χ3n) is 2.59. The maximum absolute atomic E-state index is 6.17. The van der Waals surface area contributed by atoms with Gasteiger partial charge in [-0.25, -0.2) is 0 Å². The highest BCUT2D eigenvalue weighted by molar-refractivity contribution is 6.31. The van der Waals surface area contributed by atoms with Crippen molar-refractivity contribution in [2.45, 2.75) is 13.0 Å². The zero-order valence-electron chi connectivity index (χ0n) is 9.02. The quantitative estimate of drug-likeness (QED) is 0.864. The van der Waals surface area contributed by atoms with Crippen molar-refractivity contribution in [3.63, 3.8) is 0 Å². The number of benzene rings is 1. The van der Waals surface area contributed by atoms with Crippen LogP contribution in [0.1, 0.15) is 22.9 Å². The zero-order chi connectivity index (χ0) is 11.5. The molecule has 1 heterocycles. The SMILES string of the molecule is Cc1cccc(Cl)c1C(N)c1ccccn1. The van der Waals surface area contributed by atoms with Gasteiger partial charge in [-0.15, -0.1) is 0 Å². The zero-order valence-corrected chi connectivity index (χ0v) is 9.78. The molecule has 2 rings (SSSR count). The molecule has 2 aromatic rings. The van der Waals surface area contributed by atoms with Gasteiger partial charge in [0.15, 0.2) is 0 Å². The summed E-state index contributed by atoms with van der Waals surface area (Å²) in [5.41, 5.74) is 9.04. The Morgan fingerprint density at radius 2 is 2.00 bits per heavy atom. The number of nitrogens with zero attached hydrogens (tertiary/aromatic N) is 1. The minimum atomic E-state index is -0.269. The van der Waals surface area contributed by atoms with Crippen LogP contribution in [0.25, 0.3) is 0 Å². The second kappa shape index (κ2) is 4.64. The molecule has 82 valence electrons. The fraction of sp³-hybridized carbons (Fsp3) is 0.154. The number of pyridine rings is 1. The first kappa shape index (κ1) is 11.1. The van der Waals surface area contributed by atoms with Gasteiger partial charge in [-0.1, -0.05) is 29.8 Å². The molecule has 1 aromatic heterocycles. The van der Waals surface area contributed by atoms with Gasteiger partial charge in [-0.3, -0.25) is 4.98 Å². The van der Waals surface area contributed by atoms with Crippen LogP contribution in [0.3, 0.4) is 0 Å². The molecule has 1 atom stereocenters. The lowest BCUT2D eigenvalue weighted by molar-refractivity contribution is 0.821. The molecule has 0 spiro atoms. The van der Waals surface area contributed by atoms with E-state index in [0.29, 0.717) is 5.02 Å². The van der Waals surface area contributed by atoms with Gasteiger partial charge in [0.05, 0.1) is 11.7 Å². The smallest absolute Gasteiger partial charge is 0.0743 e. The van der Waals surface area contributed by atoms with E-state index in [4.69, 9.17) is 17.3 Å². The Balaban J connectivity index is 2.46. The minimum Gasteiger partial charge on any atom is -0.319 e. The monoisotopic (exact) mass is 232 g/mol. The van der Waals surface area contributed by atoms with E-state index in [0.717, 1.165) is 16.8 Å². The molecule has 16 heavy (non-hydrogen) atoms. The first-order valence-corrected chi connectivity index (χ1v) is 5.49. The van der Waals surface area contributed by atoms with Crippen LogP contribution in [-0.2, 0) is 0 Å². The van der Waals surface area contributed by atoms with Crippen LogP contribution in [-0.4, -0.2) is 4.98 Å². The van der Waals surface area contributed by atoms with Gasteiger partial charge < -0.3 is 5.73 Å². The third-order valence-corrected chi connectivity index (χ3v) is 2.92. The molecule has 1 unspecified atom stereocenters. The lowest BCUT2D eigenvalue weighted by Gasteiger charge is -2.15. The summed E-state index contributed by atoms with van der Waals surface area (Å²) in [6, 6.07) is 11.2. The summed E-state index contributed by atoms with van der Waals surface area (Å²) in [4.78, 5) is 4.25. The number of hydrogen-bond donors (Lipinski definition) is 1. The molecule has 1 aromatic carbocycles. The molecule has 3 heteroatoms. The minimum absolute atomic E-state index is 0.269. The average Bonchev–Trinajstić information content (AvgIpc) is 2.30. The summed E-state index contributed by atoms with van der Waals surface area (Å²) >= 11 is 6.17. The van der Waals surface area contributed by atoms with Gasteiger partial charge >= 0.3 is 0 Å². The number of rotatable bonds is 2. The van der Waals surface area contributed by atoms with Crippen molar-refractivity contribution < 1.29 is 0 Å². The highest BCUT2D eigenvalue weighted by Gasteiger charge is 2.15. The first-order chi connectivity index (χ1) is 7.70. The fourth-order valence-electron chi connectivity index (χ4n) is 1.75. The van der Waals surface area contributed by atoms with E-state index in [2.05, 4.69) is 4.98 Å². The number of aryl methyl sites for hydroxylation is 1. The van der Waals surface area contributed by atoms with Crippen molar-refractivity contribution in [2.75, 3.05) is 0 Å². The molecule has 2 nitrogen and oxygen atoms in total. The predicted molar refractivity (Wildman–Crippen MR) is 66.5 cm³/mol. The van der Waals surface area contributed by atoms with Crippen molar-refractivity contribution in [3.05, 3.63) is 64.4 Å². The maximum Gasteiger partial charge on any atom is 0.0743 e. The van der Waals surface area contributed by atoms with Crippen LogP contribution < -0.4 is 5.73 Å². The second-order valence-electron chi connectivity index (χ2n) is 3.70. The fourth-order valence-corrected chi connectivity index (χ4v) is 2.09. The molecule has 0 aliphatic heterocycles. The molecule has 0 aliphatic rings. The number of hydrogen-bond acceptors (Lipinski definition) is 2. The second-order valence-corrected chi connectivity index (χ2v) is 4.11. The number of nitrogens with two attached hydrogens (primary N) is 1. The lowest BCUT2D eigenvalue weighted by Crippen LogP contribution is -2.15. The van der Waals surface area contributed by atoms with E-state index in [1.54, 1.807) is 6.20 Å². The van der Waals surface area contributed by atoms with Gasteiger partial charge in [0.25, 0.3) is 0 Å². The van der Waals surface area contributed by atoms with Crippen molar-refractivity contribution in [2.24, 2.45) is 5.73 Å². The van der Waals surface area contributed by atoms with E-state index >= 15 is 0 Å². The summed E-state index contributed by atoms with van der Waals surface area (Å²) in [6.07, 6.45) is 1.74. The molecule has 0 radical (unpaired) electrons. The van der Waals surface area contributed by atoms with E-state index in [9.17, 15) is 0 Å². The van der Waals surface area contributed by atoms with Gasteiger partial charge in [0.1, 0.15) is 0 Å². The predicted octanol–water partition coefficient (Wildman–Crippen LogP) is 3.09. The van der Waals surface area contributed by atoms with Gasteiger partial charge in [-0.2, -0.15) is 0 Å². The summed E-state index contributed by atoms with van der Waals surface area (Å²) < 4.78 is 0. The van der Waals surface area contributed by atoms with Gasteiger partial charge in [-0.05, 0) is 36.2 Å². The van der Waals surface area contributed by atoms with Gasteiger partial charge in [0.2, 0.25) is 0 Å². The Morgan fingerprint density at radius 1 is 1.19 bits per heavy atom. The molecule has 0 fully saturated rings. The lowest BCUT2D eigenvalue weighted by atomic mass is 9.99. The van der Waals surface area contributed by atoms with Crippen molar-refractivity contribution in [1.29, 1.82) is 0 Å². The largest absolute Gasteiger partial charge is 0.319 e. The topological polar surface area (TPSA) is 38.9 Å². The van der Waals surface area contributed by atoms with Crippen LogP contribution in [0.4, 0.5) is 0 Å². The third kappa shape index (κ3) is 2.08. The Kier molecular flexibility index (Phi) is 3.22. The highest BCUT2D eigenvalue weighted by Crippen LogP contribution is 2.28. The number of halogens is 1. The van der Waals surface area contributed by atoms with Crippen LogP contribution in [0.15, 0.2) is 42.6 Å². The van der Waals surface area contributed by atoms with E-state index < -0.39 is 0 Å².